The number of nitrogens with zero attached hydrogens (tertiary/aromatic N) is 1. The zero-order valence-corrected chi connectivity index (χ0v) is 10.8. The average molecular weight is 239 g/mol. The molecular weight excluding hydrogens is 222 g/mol. The van der Waals surface area contributed by atoms with Gasteiger partial charge >= 0.3 is 8.97 Å². The molecule has 0 amide bonds. The summed E-state index contributed by atoms with van der Waals surface area (Å²) in [6, 6.07) is 10.1. The van der Waals surface area contributed by atoms with E-state index in [1.807, 2.05) is 30.3 Å². The van der Waals surface area contributed by atoms with Crippen LogP contribution in [0.5, 0.6) is 0 Å². The molecule has 0 aromatic heterocycles. The van der Waals surface area contributed by atoms with E-state index in [0.29, 0.717) is 0 Å². The first kappa shape index (κ1) is 13.1. The minimum atomic E-state index is -2.80. The van der Waals surface area contributed by atoms with E-state index in [0.717, 1.165) is 6.42 Å². The van der Waals surface area contributed by atoms with Gasteiger partial charge in [-0.2, -0.15) is 0 Å². The molecule has 1 aromatic carbocycles. The van der Waals surface area contributed by atoms with Crippen molar-refractivity contribution in [3.63, 3.8) is 0 Å². The van der Waals surface area contributed by atoms with E-state index in [4.69, 9.17) is 13.3 Å². The molecule has 1 aromatic rings. The molecule has 0 fully saturated rings. The van der Waals surface area contributed by atoms with E-state index in [1.165, 1.54) is 5.56 Å². The molecule has 0 unspecified atom stereocenters. The second-order valence-electron chi connectivity index (χ2n) is 3.14. The van der Waals surface area contributed by atoms with Gasteiger partial charge < -0.3 is 13.3 Å². The van der Waals surface area contributed by atoms with E-state index < -0.39 is 8.97 Å². The van der Waals surface area contributed by atoms with Gasteiger partial charge in [0.15, 0.2) is 0 Å². The maximum absolute atomic E-state index is 5.17. The van der Waals surface area contributed by atoms with Gasteiger partial charge in [-0.1, -0.05) is 30.3 Å². The first-order valence-corrected chi connectivity index (χ1v) is 6.66. The summed E-state index contributed by atoms with van der Waals surface area (Å²) in [5.74, 6) is 0. The normalized spacial score (nSPS) is 12.2. The van der Waals surface area contributed by atoms with Crippen LogP contribution >= 0.6 is 0 Å². The van der Waals surface area contributed by atoms with E-state index in [1.54, 1.807) is 27.5 Å². The number of hydrogen-bond donors (Lipinski definition) is 0. The number of rotatable bonds is 6. The van der Waals surface area contributed by atoms with Gasteiger partial charge in [-0.3, -0.25) is 4.66 Å². The van der Waals surface area contributed by atoms with Crippen molar-refractivity contribution in [1.82, 2.24) is 0 Å². The van der Waals surface area contributed by atoms with Gasteiger partial charge in [0, 0.05) is 27.8 Å². The largest absolute Gasteiger partial charge is 0.651 e. The van der Waals surface area contributed by atoms with Crippen LogP contribution in [0.1, 0.15) is 5.56 Å². The van der Waals surface area contributed by atoms with E-state index in [-0.39, 0.29) is 0 Å². The predicted molar refractivity (Wildman–Crippen MR) is 65.4 cm³/mol. The molecule has 88 valence electrons. The Morgan fingerprint density at radius 1 is 1.06 bits per heavy atom. The quantitative estimate of drug-likeness (QED) is 0.560. The molecule has 0 atom stereocenters. The summed E-state index contributed by atoms with van der Waals surface area (Å²) >= 11 is 0. The maximum Gasteiger partial charge on any atom is 0.651 e. The molecule has 1 rings (SSSR count). The lowest BCUT2D eigenvalue weighted by atomic mass is 10.2. The number of benzene rings is 1. The third-order valence-electron chi connectivity index (χ3n) is 2.19. The zero-order valence-electron chi connectivity index (χ0n) is 9.84. The first-order chi connectivity index (χ1) is 7.76. The third-order valence-corrected chi connectivity index (χ3v) is 4.24. The van der Waals surface area contributed by atoms with Gasteiger partial charge in [0.25, 0.3) is 0 Å². The Morgan fingerprint density at radius 2 is 1.62 bits per heavy atom. The first-order valence-electron chi connectivity index (χ1n) is 4.99. The van der Waals surface area contributed by atoms with Crippen molar-refractivity contribution in [3.05, 3.63) is 35.9 Å². The number of hydrogen-bond acceptors (Lipinski definition) is 4. The monoisotopic (exact) mass is 239 g/mol. The fourth-order valence-corrected chi connectivity index (χ4v) is 2.42. The molecule has 0 saturated carbocycles. The summed E-state index contributed by atoms with van der Waals surface area (Å²) in [5, 5.41) is 0. The lowest BCUT2D eigenvalue weighted by Gasteiger charge is -2.18. The highest BCUT2D eigenvalue weighted by molar-refractivity contribution is 6.59. The highest BCUT2D eigenvalue weighted by Crippen LogP contribution is 2.07. The molecule has 5 heteroatoms. The average Bonchev–Trinajstić information content (AvgIpc) is 2.37. The van der Waals surface area contributed by atoms with Gasteiger partial charge in [0.05, 0.1) is 0 Å². The minimum Gasteiger partial charge on any atom is -0.359 e. The summed E-state index contributed by atoms with van der Waals surface area (Å²) in [6.07, 6.45) is 2.52. The Balaban J connectivity index is 2.59. The molecule has 0 spiro atoms. The highest BCUT2D eigenvalue weighted by atomic mass is 28.4. The summed E-state index contributed by atoms with van der Waals surface area (Å²) < 4.78 is 19.8. The van der Waals surface area contributed by atoms with E-state index in [2.05, 4.69) is 4.66 Å². The van der Waals surface area contributed by atoms with E-state index >= 15 is 0 Å². The van der Waals surface area contributed by atoms with Crippen LogP contribution in [0.2, 0.25) is 0 Å². The minimum absolute atomic E-state index is 0.742. The molecule has 16 heavy (non-hydrogen) atoms. The topological polar surface area (TPSA) is 40.0 Å². The smallest absolute Gasteiger partial charge is 0.359 e. The zero-order chi connectivity index (χ0) is 11.9. The second-order valence-corrected chi connectivity index (χ2v) is 5.67. The van der Waals surface area contributed by atoms with Crippen molar-refractivity contribution >= 4 is 15.2 Å². The summed E-state index contributed by atoms with van der Waals surface area (Å²) in [6.45, 7) is 0. The van der Waals surface area contributed by atoms with Crippen LogP contribution in [0.15, 0.2) is 35.0 Å². The summed E-state index contributed by atoms with van der Waals surface area (Å²) in [7, 11) is 1.82. The molecule has 0 heterocycles. The maximum atomic E-state index is 5.17. The van der Waals surface area contributed by atoms with Crippen molar-refractivity contribution in [2.75, 3.05) is 21.3 Å². The van der Waals surface area contributed by atoms with E-state index in [9.17, 15) is 0 Å². The fourth-order valence-electron chi connectivity index (χ4n) is 1.29. The molecule has 0 aliphatic carbocycles. The van der Waals surface area contributed by atoms with Gasteiger partial charge in [-0.25, -0.2) is 0 Å². The van der Waals surface area contributed by atoms with Crippen LogP contribution in [-0.2, 0) is 19.7 Å². The van der Waals surface area contributed by atoms with Crippen LogP contribution < -0.4 is 0 Å². The lowest BCUT2D eigenvalue weighted by Crippen LogP contribution is -2.41. The van der Waals surface area contributed by atoms with Crippen LogP contribution in [-0.4, -0.2) is 36.5 Å². The Kier molecular flexibility index (Phi) is 5.34. The Morgan fingerprint density at radius 3 is 2.12 bits per heavy atom. The summed E-state index contributed by atoms with van der Waals surface area (Å²) in [4.78, 5) is 0. The molecule has 0 N–H and O–H groups in total. The molecule has 0 bridgehead atoms. The van der Waals surface area contributed by atoms with Crippen LogP contribution in [0, 0.1) is 0 Å². The van der Waals surface area contributed by atoms with Crippen molar-refractivity contribution in [2.45, 2.75) is 6.42 Å². The fraction of sp³-hybridized carbons (Fsp3) is 0.364. The van der Waals surface area contributed by atoms with Crippen LogP contribution in [0.25, 0.3) is 0 Å². The van der Waals surface area contributed by atoms with Crippen molar-refractivity contribution in [2.24, 2.45) is 4.66 Å². The van der Waals surface area contributed by atoms with Crippen LogP contribution in [0.3, 0.4) is 0 Å². The van der Waals surface area contributed by atoms with Crippen molar-refractivity contribution < 1.29 is 13.3 Å². The molecule has 0 aliphatic rings. The lowest BCUT2D eigenvalue weighted by molar-refractivity contribution is 0.126. The predicted octanol–water partition coefficient (Wildman–Crippen LogP) is 1.67. The Hall–Kier alpha value is -1.01. The Bertz CT molecular complexity index is 317. The molecule has 0 saturated heterocycles. The van der Waals surface area contributed by atoms with Gasteiger partial charge in [0.2, 0.25) is 0 Å². The SMILES string of the molecule is CO[Si](N=CCc1ccccc1)(OC)OC. The highest BCUT2D eigenvalue weighted by Gasteiger charge is 2.38. The molecule has 0 radical (unpaired) electrons. The standard InChI is InChI=1S/C11H17NO3Si/c1-13-16(14-2,15-3)12-10-9-11-7-5-4-6-8-11/h4-8,10H,9H2,1-3H3. The second kappa shape index (κ2) is 6.54. The third kappa shape index (κ3) is 3.53. The van der Waals surface area contributed by atoms with Gasteiger partial charge in [-0.15, -0.1) is 0 Å². The van der Waals surface area contributed by atoms with Gasteiger partial charge in [-0.05, 0) is 11.8 Å². The molecular formula is C11H17NO3Si. The summed E-state index contributed by atoms with van der Waals surface area (Å²) in [5.41, 5.74) is 1.19. The van der Waals surface area contributed by atoms with Crippen molar-refractivity contribution in [3.8, 4) is 0 Å². The van der Waals surface area contributed by atoms with Crippen LogP contribution in [0.4, 0.5) is 0 Å². The van der Waals surface area contributed by atoms with Gasteiger partial charge in [0.1, 0.15) is 0 Å². The molecule has 4 nitrogen and oxygen atoms in total. The Labute approximate surface area is 97.3 Å². The van der Waals surface area contributed by atoms with Crippen molar-refractivity contribution in [1.29, 1.82) is 0 Å². The molecule has 0 aliphatic heterocycles.